The molecule has 1 saturated heterocycles. The van der Waals surface area contributed by atoms with Gasteiger partial charge in [-0.05, 0) is 37.8 Å². The van der Waals surface area contributed by atoms with Crippen LogP contribution in [0.4, 0.5) is 11.5 Å². The van der Waals surface area contributed by atoms with Gasteiger partial charge in [0.05, 0.1) is 5.69 Å². The smallest absolute Gasteiger partial charge is 0.254 e. The van der Waals surface area contributed by atoms with E-state index in [-0.39, 0.29) is 17.9 Å². The summed E-state index contributed by atoms with van der Waals surface area (Å²) in [4.78, 5) is 23.7. The molecule has 1 unspecified atom stereocenters. The molecule has 7 heteroatoms. The molecular formula is C20H24N6O. The zero-order valence-corrected chi connectivity index (χ0v) is 15.9. The second kappa shape index (κ2) is 6.98. The van der Waals surface area contributed by atoms with Gasteiger partial charge in [0.2, 0.25) is 5.91 Å². The van der Waals surface area contributed by atoms with E-state index in [9.17, 15) is 4.79 Å². The highest BCUT2D eigenvalue weighted by Gasteiger charge is 2.30. The molecule has 1 atom stereocenters. The first-order valence-corrected chi connectivity index (χ1v) is 9.38. The van der Waals surface area contributed by atoms with Crippen LogP contribution in [-0.2, 0) is 4.79 Å². The van der Waals surface area contributed by atoms with Crippen molar-refractivity contribution in [1.82, 2.24) is 19.6 Å². The van der Waals surface area contributed by atoms with Gasteiger partial charge in [-0.15, -0.1) is 0 Å². The molecule has 27 heavy (non-hydrogen) atoms. The topological polar surface area (TPSA) is 75.4 Å². The molecule has 0 spiro atoms. The Morgan fingerprint density at radius 3 is 2.74 bits per heavy atom. The molecule has 140 valence electrons. The Balaban J connectivity index is 1.62. The fraction of sp³-hybridized carbons (Fsp3) is 0.400. The lowest BCUT2D eigenvalue weighted by atomic mass is 10.0. The van der Waals surface area contributed by atoms with E-state index in [0.717, 1.165) is 36.6 Å². The van der Waals surface area contributed by atoms with Crippen molar-refractivity contribution in [2.45, 2.75) is 45.6 Å². The van der Waals surface area contributed by atoms with Gasteiger partial charge >= 0.3 is 0 Å². The lowest BCUT2D eigenvalue weighted by Gasteiger charge is -2.33. The van der Waals surface area contributed by atoms with Gasteiger partial charge in [-0.25, -0.2) is 4.98 Å². The quantitative estimate of drug-likeness (QED) is 0.770. The Morgan fingerprint density at radius 2 is 2.00 bits per heavy atom. The van der Waals surface area contributed by atoms with Crippen molar-refractivity contribution in [3.63, 3.8) is 0 Å². The number of carbonyl (C=O) groups is 1. The van der Waals surface area contributed by atoms with Crippen LogP contribution in [0.2, 0.25) is 0 Å². The number of carbonyl (C=O) groups excluding carboxylic acids is 1. The fourth-order valence-corrected chi connectivity index (χ4v) is 3.40. The SMILES string of the molecule is Cc1ccc(N2CCCC(Nc3cc(C(C)C)nc4ncnn34)C2=O)cc1. The molecule has 1 N–H and O–H groups in total. The van der Waals surface area contributed by atoms with Crippen molar-refractivity contribution in [2.75, 3.05) is 16.8 Å². The highest BCUT2D eigenvalue weighted by molar-refractivity contribution is 5.99. The second-order valence-corrected chi connectivity index (χ2v) is 7.36. The average Bonchev–Trinajstić information content (AvgIpc) is 3.13. The second-order valence-electron chi connectivity index (χ2n) is 7.36. The number of hydrogen-bond donors (Lipinski definition) is 1. The van der Waals surface area contributed by atoms with Crippen LogP contribution < -0.4 is 10.2 Å². The molecular weight excluding hydrogens is 340 g/mol. The van der Waals surface area contributed by atoms with Crippen molar-refractivity contribution in [3.05, 3.63) is 47.9 Å². The zero-order chi connectivity index (χ0) is 19.0. The molecule has 2 aromatic heterocycles. The average molecular weight is 364 g/mol. The summed E-state index contributed by atoms with van der Waals surface area (Å²) in [5.41, 5.74) is 3.06. The van der Waals surface area contributed by atoms with E-state index in [1.54, 1.807) is 4.52 Å². The van der Waals surface area contributed by atoms with E-state index in [0.29, 0.717) is 5.78 Å². The van der Waals surface area contributed by atoms with Crippen molar-refractivity contribution in [1.29, 1.82) is 0 Å². The minimum atomic E-state index is -0.296. The highest BCUT2D eigenvalue weighted by atomic mass is 16.2. The van der Waals surface area contributed by atoms with Crippen LogP contribution in [0.15, 0.2) is 36.7 Å². The first-order valence-electron chi connectivity index (χ1n) is 9.38. The third-order valence-corrected chi connectivity index (χ3v) is 4.97. The number of aromatic nitrogens is 4. The number of piperidine rings is 1. The maximum Gasteiger partial charge on any atom is 0.254 e. The van der Waals surface area contributed by atoms with Gasteiger partial charge in [0.1, 0.15) is 18.2 Å². The number of hydrogen-bond acceptors (Lipinski definition) is 5. The van der Waals surface area contributed by atoms with Gasteiger partial charge in [0, 0.05) is 18.3 Å². The van der Waals surface area contributed by atoms with Crippen LogP contribution in [0.1, 0.15) is 43.9 Å². The standard InChI is InChI=1S/C20H24N6O/c1-13(2)17-11-18(26-20(24-17)21-12-22-26)23-16-5-4-10-25(19(16)27)15-8-6-14(3)7-9-15/h6-9,11-13,16,23H,4-5,10H2,1-3H3. The number of aryl methyl sites for hydroxylation is 1. The number of nitrogens with zero attached hydrogens (tertiary/aromatic N) is 5. The fourth-order valence-electron chi connectivity index (χ4n) is 3.40. The van der Waals surface area contributed by atoms with Gasteiger partial charge < -0.3 is 10.2 Å². The van der Waals surface area contributed by atoms with Crippen molar-refractivity contribution in [3.8, 4) is 0 Å². The first kappa shape index (κ1) is 17.5. The van der Waals surface area contributed by atoms with E-state index in [4.69, 9.17) is 0 Å². The van der Waals surface area contributed by atoms with Crippen LogP contribution in [0.5, 0.6) is 0 Å². The summed E-state index contributed by atoms with van der Waals surface area (Å²) in [6.45, 7) is 6.96. The highest BCUT2D eigenvalue weighted by Crippen LogP contribution is 2.25. The summed E-state index contributed by atoms with van der Waals surface area (Å²) < 4.78 is 1.66. The molecule has 1 aromatic carbocycles. The normalized spacial score (nSPS) is 17.7. The molecule has 3 aromatic rings. The number of amides is 1. The predicted molar refractivity (Wildman–Crippen MR) is 105 cm³/mol. The number of nitrogens with one attached hydrogen (secondary N) is 1. The molecule has 1 amide bonds. The Labute approximate surface area is 158 Å². The van der Waals surface area contributed by atoms with Crippen molar-refractivity contribution >= 4 is 23.2 Å². The maximum atomic E-state index is 13.1. The number of rotatable bonds is 4. The summed E-state index contributed by atoms with van der Waals surface area (Å²) in [7, 11) is 0. The lowest BCUT2D eigenvalue weighted by Crippen LogP contribution is -2.48. The van der Waals surface area contributed by atoms with Crippen molar-refractivity contribution in [2.24, 2.45) is 0 Å². The van der Waals surface area contributed by atoms with Crippen LogP contribution in [-0.4, -0.2) is 38.1 Å². The van der Waals surface area contributed by atoms with Crippen LogP contribution in [0, 0.1) is 6.92 Å². The van der Waals surface area contributed by atoms with E-state index in [1.165, 1.54) is 11.9 Å². The summed E-state index contributed by atoms with van der Waals surface area (Å²) >= 11 is 0. The van der Waals surface area contributed by atoms with E-state index in [2.05, 4.69) is 34.2 Å². The molecule has 0 aliphatic carbocycles. The minimum Gasteiger partial charge on any atom is -0.358 e. The Hall–Kier alpha value is -2.96. The Morgan fingerprint density at radius 1 is 1.22 bits per heavy atom. The summed E-state index contributed by atoms with van der Waals surface area (Å²) in [5, 5.41) is 7.65. The minimum absolute atomic E-state index is 0.0845. The lowest BCUT2D eigenvalue weighted by molar-refractivity contribution is -0.120. The molecule has 1 aliphatic heterocycles. The molecule has 7 nitrogen and oxygen atoms in total. The molecule has 0 bridgehead atoms. The van der Waals surface area contributed by atoms with E-state index < -0.39 is 0 Å². The summed E-state index contributed by atoms with van der Waals surface area (Å²) in [6, 6.07) is 9.76. The van der Waals surface area contributed by atoms with Gasteiger partial charge in [-0.2, -0.15) is 14.6 Å². The predicted octanol–water partition coefficient (Wildman–Crippen LogP) is 3.16. The maximum absolute atomic E-state index is 13.1. The summed E-state index contributed by atoms with van der Waals surface area (Å²) in [6.07, 6.45) is 3.22. The van der Waals surface area contributed by atoms with Crippen molar-refractivity contribution < 1.29 is 4.79 Å². The van der Waals surface area contributed by atoms with Crippen LogP contribution in [0.3, 0.4) is 0 Å². The number of anilines is 2. The van der Waals surface area contributed by atoms with Gasteiger partial charge in [-0.1, -0.05) is 31.5 Å². The number of fused-ring (bicyclic) bond motifs is 1. The van der Waals surface area contributed by atoms with E-state index >= 15 is 0 Å². The third kappa shape index (κ3) is 3.37. The third-order valence-electron chi connectivity index (χ3n) is 4.97. The van der Waals surface area contributed by atoms with Gasteiger partial charge in [0.25, 0.3) is 5.78 Å². The molecule has 0 radical (unpaired) electrons. The molecule has 3 heterocycles. The van der Waals surface area contributed by atoms with Gasteiger partial charge in [0.15, 0.2) is 0 Å². The Kier molecular flexibility index (Phi) is 4.51. The Bertz CT molecular complexity index is 962. The van der Waals surface area contributed by atoms with Gasteiger partial charge in [-0.3, -0.25) is 4.79 Å². The largest absolute Gasteiger partial charge is 0.358 e. The van der Waals surface area contributed by atoms with Crippen LogP contribution in [0.25, 0.3) is 5.78 Å². The summed E-state index contributed by atoms with van der Waals surface area (Å²) in [5.74, 6) is 1.65. The van der Waals surface area contributed by atoms with E-state index in [1.807, 2.05) is 42.2 Å². The molecule has 4 rings (SSSR count). The molecule has 0 saturated carbocycles. The molecule has 1 aliphatic rings. The van der Waals surface area contributed by atoms with Crippen LogP contribution >= 0.6 is 0 Å². The number of benzene rings is 1. The molecule has 1 fully saturated rings. The zero-order valence-electron chi connectivity index (χ0n) is 15.9. The first-order chi connectivity index (χ1) is 13.0. The monoisotopic (exact) mass is 364 g/mol.